The van der Waals surface area contributed by atoms with Crippen molar-refractivity contribution in [2.24, 2.45) is 5.10 Å². The first-order valence-electron chi connectivity index (χ1n) is 10.7. The molecule has 0 amide bonds. The predicted molar refractivity (Wildman–Crippen MR) is 146 cm³/mol. The Morgan fingerprint density at radius 3 is 2.51 bits per heavy atom. The monoisotopic (exact) mass is 671 g/mol. The number of carboxylic acids is 1. The van der Waals surface area contributed by atoms with Crippen molar-refractivity contribution in [2.45, 2.75) is 46.1 Å². The second-order valence-corrected chi connectivity index (χ2v) is 11.2. The van der Waals surface area contributed by atoms with Gasteiger partial charge in [0.05, 0.1) is 28.2 Å². The summed E-state index contributed by atoms with van der Waals surface area (Å²) in [5, 5.41) is 14.2. The van der Waals surface area contributed by atoms with Crippen LogP contribution in [0.1, 0.15) is 46.0 Å². The highest BCUT2D eigenvalue weighted by Crippen LogP contribution is 2.43. The number of hydrogen-bond donors (Lipinski definition) is 1. The maximum atomic E-state index is 13.4. The maximum Gasteiger partial charge on any atom is 0.344 e. The molecule has 0 radical (unpaired) electrons. The molecular formula is C24H24Br3N3O5. The second kappa shape index (κ2) is 10.8. The molecule has 0 aliphatic heterocycles. The largest absolute Gasteiger partial charge is 0.490 e. The summed E-state index contributed by atoms with van der Waals surface area (Å²) >= 11 is 10.4. The van der Waals surface area contributed by atoms with Crippen LogP contribution in [0.25, 0.3) is 10.9 Å². The molecule has 11 heteroatoms. The zero-order valence-electron chi connectivity index (χ0n) is 19.7. The van der Waals surface area contributed by atoms with Gasteiger partial charge in [0.1, 0.15) is 5.82 Å². The second-order valence-electron chi connectivity index (χ2n) is 8.66. The van der Waals surface area contributed by atoms with Crippen molar-refractivity contribution in [2.75, 3.05) is 6.61 Å². The lowest BCUT2D eigenvalue weighted by Gasteiger charge is -2.21. The van der Waals surface area contributed by atoms with Crippen LogP contribution in [0.15, 0.2) is 47.6 Å². The van der Waals surface area contributed by atoms with Crippen LogP contribution in [0.3, 0.4) is 0 Å². The van der Waals surface area contributed by atoms with E-state index in [0.29, 0.717) is 43.6 Å². The highest BCUT2D eigenvalue weighted by molar-refractivity contribution is 9.13. The Labute approximate surface area is 227 Å². The standard InChI is InChI=1S/C24H24Br3N3O5/c1-6-34-17-9-13(18(26)19(27)20(17)35-12(2)22(32)33)11-28-30-21(31)15-10-14(25)7-8-16(15)29-23(30)24(3,4)5/h7-12H,6H2,1-5H3,(H,32,33)/t12-/m1/s1. The number of nitrogens with zero attached hydrogens (tertiary/aromatic N) is 3. The third-order valence-electron chi connectivity index (χ3n) is 4.89. The molecule has 35 heavy (non-hydrogen) atoms. The summed E-state index contributed by atoms with van der Waals surface area (Å²) in [5.41, 5.74) is 0.410. The van der Waals surface area contributed by atoms with Gasteiger partial charge in [-0.05, 0) is 70.0 Å². The van der Waals surface area contributed by atoms with Gasteiger partial charge in [0.25, 0.3) is 5.56 Å². The Kier molecular flexibility index (Phi) is 8.44. The fraction of sp³-hybridized carbons (Fsp3) is 0.333. The van der Waals surface area contributed by atoms with Gasteiger partial charge < -0.3 is 14.6 Å². The van der Waals surface area contributed by atoms with E-state index >= 15 is 0 Å². The Bertz CT molecular complexity index is 1380. The third kappa shape index (κ3) is 5.95. The highest BCUT2D eigenvalue weighted by Gasteiger charge is 2.24. The van der Waals surface area contributed by atoms with E-state index in [2.05, 4.69) is 52.9 Å². The van der Waals surface area contributed by atoms with E-state index in [0.717, 1.165) is 4.47 Å². The van der Waals surface area contributed by atoms with Crippen molar-refractivity contribution in [3.05, 3.63) is 59.4 Å². The number of carboxylic acid groups (broad SMARTS) is 1. The Morgan fingerprint density at radius 1 is 1.23 bits per heavy atom. The number of aromatic nitrogens is 2. The summed E-state index contributed by atoms with van der Waals surface area (Å²) in [4.78, 5) is 29.4. The van der Waals surface area contributed by atoms with Gasteiger partial charge in [0.15, 0.2) is 17.6 Å². The minimum Gasteiger partial charge on any atom is -0.490 e. The number of rotatable bonds is 7. The first kappa shape index (κ1) is 27.3. The van der Waals surface area contributed by atoms with Crippen molar-refractivity contribution >= 4 is 70.9 Å². The third-order valence-corrected chi connectivity index (χ3v) is 7.53. The van der Waals surface area contributed by atoms with Crippen LogP contribution in [-0.2, 0) is 10.2 Å². The van der Waals surface area contributed by atoms with Crippen molar-refractivity contribution < 1.29 is 19.4 Å². The summed E-state index contributed by atoms with van der Waals surface area (Å²) in [7, 11) is 0. The molecular weight excluding hydrogens is 650 g/mol. The molecule has 1 N–H and O–H groups in total. The highest BCUT2D eigenvalue weighted by atomic mass is 79.9. The normalized spacial score (nSPS) is 12.8. The average molecular weight is 674 g/mol. The van der Waals surface area contributed by atoms with Crippen molar-refractivity contribution in [1.82, 2.24) is 9.66 Å². The van der Waals surface area contributed by atoms with Gasteiger partial charge in [0, 0.05) is 19.9 Å². The molecule has 0 aliphatic rings. The van der Waals surface area contributed by atoms with E-state index in [1.54, 1.807) is 18.2 Å². The van der Waals surface area contributed by atoms with Crippen molar-refractivity contribution in [3.8, 4) is 11.5 Å². The van der Waals surface area contributed by atoms with Crippen LogP contribution in [0.4, 0.5) is 0 Å². The number of fused-ring (bicyclic) bond motifs is 1. The summed E-state index contributed by atoms with van der Waals surface area (Å²) in [5.74, 6) is -0.0220. The fourth-order valence-electron chi connectivity index (χ4n) is 3.16. The summed E-state index contributed by atoms with van der Waals surface area (Å²) in [6.45, 7) is 9.45. The summed E-state index contributed by atoms with van der Waals surface area (Å²) in [6, 6.07) is 7.02. The van der Waals surface area contributed by atoms with Crippen LogP contribution in [0.5, 0.6) is 11.5 Å². The minimum absolute atomic E-state index is 0.246. The zero-order chi connectivity index (χ0) is 26.1. The Hall–Kier alpha value is -2.24. The molecule has 2 aromatic carbocycles. The molecule has 186 valence electrons. The quantitative estimate of drug-likeness (QED) is 0.304. The van der Waals surface area contributed by atoms with Gasteiger partial charge in [0.2, 0.25) is 0 Å². The molecule has 1 aromatic heterocycles. The number of halogens is 3. The molecule has 0 bridgehead atoms. The van der Waals surface area contributed by atoms with E-state index in [1.165, 1.54) is 17.8 Å². The minimum atomic E-state index is -1.11. The molecule has 1 atom stereocenters. The molecule has 0 fully saturated rings. The van der Waals surface area contributed by atoms with Crippen LogP contribution >= 0.6 is 47.8 Å². The van der Waals surface area contributed by atoms with Gasteiger partial charge in [-0.25, -0.2) is 9.78 Å². The van der Waals surface area contributed by atoms with Crippen molar-refractivity contribution in [1.29, 1.82) is 0 Å². The molecule has 0 saturated heterocycles. The van der Waals surface area contributed by atoms with Gasteiger partial charge in [-0.2, -0.15) is 9.78 Å². The van der Waals surface area contributed by atoms with E-state index in [-0.39, 0.29) is 11.3 Å². The molecule has 8 nitrogen and oxygen atoms in total. The smallest absolute Gasteiger partial charge is 0.344 e. The molecule has 0 unspecified atom stereocenters. The van der Waals surface area contributed by atoms with Crippen LogP contribution < -0.4 is 15.0 Å². The number of hydrogen-bond acceptors (Lipinski definition) is 6. The fourth-order valence-corrected chi connectivity index (χ4v) is 4.44. The first-order valence-corrected chi connectivity index (χ1v) is 13.0. The molecule has 3 rings (SSSR count). The lowest BCUT2D eigenvalue weighted by Crippen LogP contribution is -2.29. The lowest BCUT2D eigenvalue weighted by atomic mass is 9.95. The number of benzene rings is 2. The number of aliphatic carboxylic acids is 1. The van der Waals surface area contributed by atoms with Gasteiger partial charge in [-0.15, -0.1) is 0 Å². The van der Waals surface area contributed by atoms with E-state index in [4.69, 9.17) is 14.5 Å². The molecule has 0 spiro atoms. The van der Waals surface area contributed by atoms with E-state index in [1.807, 2.05) is 33.8 Å². The van der Waals surface area contributed by atoms with Gasteiger partial charge in [-0.3, -0.25) is 4.79 Å². The topological polar surface area (TPSA) is 103 Å². The van der Waals surface area contributed by atoms with Crippen LogP contribution in [-0.4, -0.2) is 39.7 Å². The Balaban J connectivity index is 2.19. The predicted octanol–water partition coefficient (Wildman–Crippen LogP) is 6.11. The summed E-state index contributed by atoms with van der Waals surface area (Å²) in [6.07, 6.45) is 0.428. The van der Waals surface area contributed by atoms with Crippen LogP contribution in [0, 0.1) is 0 Å². The Morgan fingerprint density at radius 2 is 1.91 bits per heavy atom. The van der Waals surface area contributed by atoms with Crippen molar-refractivity contribution in [3.63, 3.8) is 0 Å². The lowest BCUT2D eigenvalue weighted by molar-refractivity contribution is -0.144. The van der Waals surface area contributed by atoms with Crippen LogP contribution in [0.2, 0.25) is 0 Å². The molecule has 0 saturated carbocycles. The molecule has 1 heterocycles. The summed E-state index contributed by atoms with van der Waals surface area (Å²) < 4.78 is 14.4. The number of carbonyl (C=O) groups is 1. The average Bonchev–Trinajstić information content (AvgIpc) is 2.78. The molecule has 0 aliphatic carbocycles. The zero-order valence-corrected chi connectivity index (χ0v) is 24.5. The number of ether oxygens (including phenoxy) is 2. The SMILES string of the molecule is CCOc1cc(C=Nn2c(C(C)(C)C)nc3ccc(Br)cc3c2=O)c(Br)c(Br)c1O[C@H](C)C(=O)O. The van der Waals surface area contributed by atoms with E-state index in [9.17, 15) is 14.7 Å². The van der Waals surface area contributed by atoms with Gasteiger partial charge in [-0.1, -0.05) is 36.7 Å². The molecule has 3 aromatic rings. The maximum absolute atomic E-state index is 13.4. The van der Waals surface area contributed by atoms with Gasteiger partial charge >= 0.3 is 5.97 Å². The van der Waals surface area contributed by atoms with E-state index < -0.39 is 17.5 Å². The first-order chi connectivity index (χ1) is 16.3.